The van der Waals surface area contributed by atoms with Crippen LogP contribution in [0.15, 0.2) is 35.7 Å². The molecule has 0 radical (unpaired) electrons. The van der Waals surface area contributed by atoms with Crippen molar-refractivity contribution in [3.8, 4) is 5.75 Å². The van der Waals surface area contributed by atoms with Crippen molar-refractivity contribution in [1.82, 2.24) is 5.32 Å². The Morgan fingerprint density at radius 3 is 2.90 bits per heavy atom. The van der Waals surface area contributed by atoms with Gasteiger partial charge in [0.05, 0.1) is 6.04 Å². The molecule has 3 rings (SSSR count). The Bertz CT molecular complexity index is 589. The van der Waals surface area contributed by atoms with Crippen LogP contribution in [-0.2, 0) is 6.42 Å². The van der Waals surface area contributed by atoms with E-state index in [1.807, 2.05) is 0 Å². The van der Waals surface area contributed by atoms with E-state index in [-0.39, 0.29) is 11.6 Å². The highest BCUT2D eigenvalue weighted by Crippen LogP contribution is 2.37. The zero-order valence-corrected chi connectivity index (χ0v) is 13.1. The lowest BCUT2D eigenvalue weighted by atomic mass is 9.97. The van der Waals surface area contributed by atoms with E-state index in [2.05, 4.69) is 61.8 Å². The smallest absolute Gasteiger partial charge is 0.123 e. The second-order valence-corrected chi connectivity index (χ2v) is 6.89. The topological polar surface area (TPSA) is 21.3 Å². The molecular formula is C17H21NOS. The zero-order valence-electron chi connectivity index (χ0n) is 12.3. The largest absolute Gasteiger partial charge is 0.487 e. The maximum atomic E-state index is 5.96. The summed E-state index contributed by atoms with van der Waals surface area (Å²) in [6.07, 6.45) is 0.986. The van der Waals surface area contributed by atoms with Gasteiger partial charge in [0.2, 0.25) is 0 Å². The number of rotatable bonds is 4. The fraction of sp³-hybridized carbons (Fsp3) is 0.412. The van der Waals surface area contributed by atoms with Crippen LogP contribution in [0.25, 0.3) is 0 Å². The third kappa shape index (κ3) is 2.60. The van der Waals surface area contributed by atoms with Crippen LogP contribution in [0.3, 0.4) is 0 Å². The minimum Gasteiger partial charge on any atom is -0.487 e. The Balaban J connectivity index is 1.94. The molecule has 1 unspecified atom stereocenters. The lowest BCUT2D eigenvalue weighted by Gasteiger charge is -2.17. The lowest BCUT2D eigenvalue weighted by molar-refractivity contribution is 0.138. The minimum absolute atomic E-state index is 0.0719. The molecule has 0 saturated heterocycles. The van der Waals surface area contributed by atoms with E-state index in [4.69, 9.17) is 4.74 Å². The van der Waals surface area contributed by atoms with Crippen LogP contribution >= 0.6 is 11.3 Å². The van der Waals surface area contributed by atoms with Gasteiger partial charge < -0.3 is 10.1 Å². The van der Waals surface area contributed by atoms with E-state index in [0.29, 0.717) is 0 Å². The van der Waals surface area contributed by atoms with Gasteiger partial charge in [-0.15, -0.1) is 11.3 Å². The van der Waals surface area contributed by atoms with Crippen LogP contribution in [-0.4, -0.2) is 12.1 Å². The maximum Gasteiger partial charge on any atom is 0.123 e. The summed E-state index contributed by atoms with van der Waals surface area (Å²) in [6.45, 7) is 7.41. The summed E-state index contributed by atoms with van der Waals surface area (Å²) >= 11 is 1.81. The Hall–Kier alpha value is -1.32. The first-order valence-corrected chi connectivity index (χ1v) is 8.05. The van der Waals surface area contributed by atoms with Crippen molar-refractivity contribution < 1.29 is 4.74 Å². The van der Waals surface area contributed by atoms with Crippen molar-refractivity contribution in [2.24, 2.45) is 0 Å². The molecular weight excluding hydrogens is 266 g/mol. The molecule has 2 aromatic rings. The quantitative estimate of drug-likeness (QED) is 0.911. The minimum atomic E-state index is -0.0719. The van der Waals surface area contributed by atoms with Gasteiger partial charge in [0.25, 0.3) is 0 Å². The molecule has 3 heteroatoms. The molecule has 0 bridgehead atoms. The number of benzene rings is 1. The normalized spacial score (nSPS) is 17.6. The van der Waals surface area contributed by atoms with Gasteiger partial charge in [-0.05, 0) is 49.0 Å². The van der Waals surface area contributed by atoms with Crippen molar-refractivity contribution in [3.63, 3.8) is 0 Å². The van der Waals surface area contributed by atoms with Gasteiger partial charge in [0.15, 0.2) is 0 Å². The highest BCUT2D eigenvalue weighted by molar-refractivity contribution is 7.10. The maximum absolute atomic E-state index is 5.96. The molecule has 0 amide bonds. The zero-order chi connectivity index (χ0) is 14.2. The Morgan fingerprint density at radius 2 is 2.20 bits per heavy atom. The first-order valence-electron chi connectivity index (χ1n) is 7.18. The molecule has 1 atom stereocenters. The number of nitrogens with one attached hydrogen (secondary N) is 1. The molecule has 106 valence electrons. The third-order valence-electron chi connectivity index (χ3n) is 3.66. The Morgan fingerprint density at radius 1 is 1.35 bits per heavy atom. The Labute approximate surface area is 124 Å². The molecule has 20 heavy (non-hydrogen) atoms. The standard InChI is InChI=1S/C17H21NOS/c1-4-18-16(15-6-5-9-20-15)12-7-8-14-13(10-12)11-17(2,3)19-14/h5-10,16,18H,4,11H2,1-3H3. The molecule has 0 spiro atoms. The van der Waals surface area contributed by atoms with Gasteiger partial charge in [-0.3, -0.25) is 0 Å². The molecule has 1 aromatic heterocycles. The van der Waals surface area contributed by atoms with Gasteiger partial charge in [-0.1, -0.05) is 25.1 Å². The second kappa shape index (κ2) is 5.23. The number of thiophene rings is 1. The molecule has 2 heterocycles. The number of ether oxygens (including phenoxy) is 1. The van der Waals surface area contributed by atoms with Gasteiger partial charge in [0, 0.05) is 11.3 Å². The molecule has 0 aliphatic carbocycles. The van der Waals surface area contributed by atoms with Crippen LogP contribution in [0.4, 0.5) is 0 Å². The molecule has 1 aliphatic rings. The van der Waals surface area contributed by atoms with Crippen LogP contribution in [0.5, 0.6) is 5.75 Å². The van der Waals surface area contributed by atoms with E-state index in [1.54, 1.807) is 11.3 Å². The average molecular weight is 287 g/mol. The molecule has 2 nitrogen and oxygen atoms in total. The lowest BCUT2D eigenvalue weighted by Crippen LogP contribution is -2.24. The summed E-state index contributed by atoms with van der Waals surface area (Å²) in [5, 5.41) is 5.72. The van der Waals surface area contributed by atoms with Gasteiger partial charge in [0.1, 0.15) is 11.4 Å². The molecule has 0 saturated carbocycles. The second-order valence-electron chi connectivity index (χ2n) is 5.91. The third-order valence-corrected chi connectivity index (χ3v) is 4.59. The van der Waals surface area contributed by atoms with E-state index in [0.717, 1.165) is 18.7 Å². The summed E-state index contributed by atoms with van der Waals surface area (Å²) in [7, 11) is 0. The fourth-order valence-corrected chi connectivity index (χ4v) is 3.68. The van der Waals surface area contributed by atoms with Gasteiger partial charge in [-0.2, -0.15) is 0 Å². The Kier molecular flexibility index (Phi) is 3.57. The van der Waals surface area contributed by atoms with Crippen molar-refractivity contribution in [2.75, 3.05) is 6.54 Å². The molecule has 0 fully saturated rings. The van der Waals surface area contributed by atoms with E-state index < -0.39 is 0 Å². The predicted octanol–water partition coefficient (Wildman–Crippen LogP) is 4.16. The van der Waals surface area contributed by atoms with Crippen molar-refractivity contribution in [3.05, 3.63) is 51.7 Å². The number of hydrogen-bond acceptors (Lipinski definition) is 3. The molecule has 1 aliphatic heterocycles. The van der Waals surface area contributed by atoms with Crippen molar-refractivity contribution >= 4 is 11.3 Å². The summed E-state index contributed by atoms with van der Waals surface area (Å²) in [5.74, 6) is 1.04. The molecule has 1 N–H and O–H groups in total. The highest BCUT2D eigenvalue weighted by Gasteiger charge is 2.30. The predicted molar refractivity (Wildman–Crippen MR) is 84.7 cm³/mol. The van der Waals surface area contributed by atoms with Gasteiger partial charge >= 0.3 is 0 Å². The molecule has 1 aromatic carbocycles. The van der Waals surface area contributed by atoms with E-state index in [9.17, 15) is 0 Å². The van der Waals surface area contributed by atoms with E-state index in [1.165, 1.54) is 16.0 Å². The summed E-state index contributed by atoms with van der Waals surface area (Å²) < 4.78 is 5.96. The van der Waals surface area contributed by atoms with Crippen molar-refractivity contribution in [1.29, 1.82) is 0 Å². The summed E-state index contributed by atoms with van der Waals surface area (Å²) in [6, 6.07) is 11.2. The fourth-order valence-electron chi connectivity index (χ4n) is 2.85. The number of fused-ring (bicyclic) bond motifs is 1. The van der Waals surface area contributed by atoms with Crippen molar-refractivity contribution in [2.45, 2.75) is 38.8 Å². The summed E-state index contributed by atoms with van der Waals surface area (Å²) in [4.78, 5) is 1.37. The van der Waals surface area contributed by atoms with Crippen LogP contribution in [0.1, 0.15) is 42.8 Å². The SMILES string of the molecule is CCNC(c1ccc2c(c1)CC(C)(C)O2)c1cccs1. The van der Waals surface area contributed by atoms with Gasteiger partial charge in [-0.25, -0.2) is 0 Å². The van der Waals surface area contributed by atoms with Crippen LogP contribution in [0, 0.1) is 0 Å². The monoisotopic (exact) mass is 287 g/mol. The first kappa shape index (κ1) is 13.7. The van der Waals surface area contributed by atoms with E-state index >= 15 is 0 Å². The first-order chi connectivity index (χ1) is 9.59. The van der Waals surface area contributed by atoms with Crippen LogP contribution in [0.2, 0.25) is 0 Å². The summed E-state index contributed by atoms with van der Waals surface area (Å²) in [5.41, 5.74) is 2.58. The highest BCUT2D eigenvalue weighted by atomic mass is 32.1. The number of hydrogen-bond donors (Lipinski definition) is 1. The van der Waals surface area contributed by atoms with Crippen LogP contribution < -0.4 is 10.1 Å². The average Bonchev–Trinajstić information content (AvgIpc) is 3.00.